The highest BCUT2D eigenvalue weighted by Gasteiger charge is 2.05. The van der Waals surface area contributed by atoms with Crippen LogP contribution >= 0.6 is 11.3 Å². The van der Waals surface area contributed by atoms with Crippen LogP contribution < -0.4 is 9.84 Å². The van der Waals surface area contributed by atoms with Gasteiger partial charge in [-0.1, -0.05) is 12.1 Å². The third-order valence-electron chi connectivity index (χ3n) is 2.83. The largest absolute Gasteiger partial charge is 0.550 e. The van der Waals surface area contributed by atoms with E-state index in [1.54, 1.807) is 5.38 Å². The molecule has 1 aromatic heterocycles. The normalized spacial score (nSPS) is 10.4. The summed E-state index contributed by atoms with van der Waals surface area (Å²) in [7, 11) is 0. The van der Waals surface area contributed by atoms with Gasteiger partial charge in [-0.05, 0) is 31.0 Å². The Kier molecular flexibility index (Phi) is 4.16. The van der Waals surface area contributed by atoms with E-state index >= 15 is 0 Å². The molecule has 0 saturated heterocycles. The summed E-state index contributed by atoms with van der Waals surface area (Å²) >= 11 is 1.39. The summed E-state index contributed by atoms with van der Waals surface area (Å²) in [5.74, 6) is -0.288. The first-order valence-electron chi connectivity index (χ1n) is 5.88. The maximum absolute atomic E-state index is 10.5. The highest BCUT2D eigenvalue weighted by Crippen LogP contribution is 2.22. The van der Waals surface area contributed by atoms with Crippen molar-refractivity contribution in [2.75, 3.05) is 0 Å². The van der Waals surface area contributed by atoms with Gasteiger partial charge in [0.2, 0.25) is 0 Å². The first kappa shape index (κ1) is 13.5. The highest BCUT2D eigenvalue weighted by atomic mass is 32.1. The van der Waals surface area contributed by atoms with Gasteiger partial charge in [-0.3, -0.25) is 0 Å². The fourth-order valence-electron chi connectivity index (χ4n) is 1.66. The highest BCUT2D eigenvalue weighted by molar-refractivity contribution is 7.09. The number of nitrogens with zero attached hydrogens (tertiary/aromatic N) is 1. The van der Waals surface area contributed by atoms with Gasteiger partial charge >= 0.3 is 0 Å². The molecule has 0 aliphatic heterocycles. The summed E-state index contributed by atoms with van der Waals surface area (Å²) in [5.41, 5.74) is 2.80. The number of hydrogen-bond acceptors (Lipinski definition) is 5. The van der Waals surface area contributed by atoms with Gasteiger partial charge in [-0.25, -0.2) is 4.98 Å². The number of aromatic nitrogens is 1. The van der Waals surface area contributed by atoms with Gasteiger partial charge in [0.25, 0.3) is 0 Å². The Balaban J connectivity index is 2.00. The first-order valence-corrected chi connectivity index (χ1v) is 6.76. The molecule has 1 heterocycles. The molecule has 100 valence electrons. The Morgan fingerprint density at radius 1 is 1.42 bits per heavy atom. The van der Waals surface area contributed by atoms with Crippen molar-refractivity contribution in [3.8, 4) is 5.75 Å². The summed E-state index contributed by atoms with van der Waals surface area (Å²) < 4.78 is 5.71. The molecule has 0 fully saturated rings. The van der Waals surface area contributed by atoms with E-state index in [0.717, 1.165) is 16.3 Å². The van der Waals surface area contributed by atoms with Gasteiger partial charge in [0.15, 0.2) is 0 Å². The number of benzene rings is 1. The van der Waals surface area contributed by atoms with Crippen molar-refractivity contribution < 1.29 is 14.6 Å². The number of carbonyl (C=O) groups excluding carboxylic acids is 1. The third kappa shape index (κ3) is 3.54. The summed E-state index contributed by atoms with van der Waals surface area (Å²) in [6.45, 7) is 4.39. The van der Waals surface area contributed by atoms with Gasteiger partial charge in [0, 0.05) is 17.8 Å². The molecule has 0 N–H and O–H groups in total. The maximum Gasteiger partial charge on any atom is 0.140 e. The lowest BCUT2D eigenvalue weighted by Gasteiger charge is -2.09. The second kappa shape index (κ2) is 5.84. The lowest BCUT2D eigenvalue weighted by atomic mass is 10.1. The summed E-state index contributed by atoms with van der Waals surface area (Å²) in [6.07, 6.45) is -0.153. The minimum Gasteiger partial charge on any atom is -0.550 e. The zero-order chi connectivity index (χ0) is 13.8. The van der Waals surface area contributed by atoms with Crippen molar-refractivity contribution in [2.45, 2.75) is 26.9 Å². The molecular formula is C14H14NO3S-. The van der Waals surface area contributed by atoms with Gasteiger partial charge in [-0.15, -0.1) is 11.3 Å². The first-order chi connectivity index (χ1) is 9.06. The van der Waals surface area contributed by atoms with Crippen molar-refractivity contribution in [1.82, 2.24) is 4.98 Å². The molecule has 2 rings (SSSR count). The van der Waals surface area contributed by atoms with Crippen LogP contribution in [0.5, 0.6) is 5.75 Å². The Morgan fingerprint density at radius 3 is 2.95 bits per heavy atom. The van der Waals surface area contributed by atoms with Gasteiger partial charge in [0.05, 0.1) is 5.69 Å². The van der Waals surface area contributed by atoms with Crippen molar-refractivity contribution in [3.05, 3.63) is 45.4 Å². The van der Waals surface area contributed by atoms with Crippen LogP contribution in [0, 0.1) is 13.8 Å². The minimum atomic E-state index is -1.12. The Morgan fingerprint density at radius 2 is 2.21 bits per heavy atom. The number of rotatable bonds is 5. The number of carboxylic acid groups (broad SMARTS) is 1. The van der Waals surface area contributed by atoms with E-state index in [1.165, 1.54) is 16.9 Å². The van der Waals surface area contributed by atoms with Crippen LogP contribution in [-0.4, -0.2) is 11.0 Å². The standard InChI is InChI=1S/C14H15NO3S/c1-9-4-3-5-12(10(9)2)18-7-13-15-11(8-19-13)6-14(16)17/h3-5,8H,6-7H2,1-2H3,(H,16,17)/p-1. The van der Waals surface area contributed by atoms with Gasteiger partial charge in [-0.2, -0.15) is 0 Å². The predicted molar refractivity (Wildman–Crippen MR) is 71.1 cm³/mol. The van der Waals surface area contributed by atoms with E-state index in [2.05, 4.69) is 4.98 Å². The van der Waals surface area contributed by atoms with Crippen molar-refractivity contribution >= 4 is 17.3 Å². The molecular weight excluding hydrogens is 262 g/mol. The predicted octanol–water partition coefficient (Wildman–Crippen LogP) is 1.63. The van der Waals surface area contributed by atoms with Crippen LogP contribution in [0.1, 0.15) is 21.8 Å². The molecule has 5 heteroatoms. The molecule has 0 spiro atoms. The summed E-state index contributed by atoms with van der Waals surface area (Å²) in [6, 6.07) is 5.89. The number of thiazole rings is 1. The molecule has 0 bridgehead atoms. The van der Waals surface area contributed by atoms with Gasteiger partial charge < -0.3 is 14.6 Å². The fraction of sp³-hybridized carbons (Fsp3) is 0.286. The van der Waals surface area contributed by atoms with Crippen molar-refractivity contribution in [1.29, 1.82) is 0 Å². The molecule has 0 unspecified atom stereocenters. The van der Waals surface area contributed by atoms with Crippen LogP contribution in [0.25, 0.3) is 0 Å². The summed E-state index contributed by atoms with van der Waals surface area (Å²) in [5, 5.41) is 12.9. The molecule has 2 aromatic rings. The number of carbonyl (C=O) groups is 1. The van der Waals surface area contributed by atoms with E-state index in [9.17, 15) is 9.90 Å². The molecule has 0 aliphatic rings. The van der Waals surface area contributed by atoms with Gasteiger partial charge in [0.1, 0.15) is 17.4 Å². The number of hydrogen-bond donors (Lipinski definition) is 0. The second-order valence-corrected chi connectivity index (χ2v) is 5.21. The molecule has 0 saturated carbocycles. The Labute approximate surface area is 115 Å². The Hall–Kier alpha value is -1.88. The fourth-order valence-corrected chi connectivity index (χ4v) is 2.37. The van der Waals surface area contributed by atoms with Crippen LogP contribution in [0.2, 0.25) is 0 Å². The van der Waals surface area contributed by atoms with E-state index < -0.39 is 5.97 Å². The van der Waals surface area contributed by atoms with E-state index in [1.807, 2.05) is 32.0 Å². The number of carboxylic acids is 1. The van der Waals surface area contributed by atoms with Crippen LogP contribution in [0.4, 0.5) is 0 Å². The number of aryl methyl sites for hydroxylation is 1. The van der Waals surface area contributed by atoms with Crippen LogP contribution in [0.15, 0.2) is 23.6 Å². The van der Waals surface area contributed by atoms with E-state index in [0.29, 0.717) is 12.3 Å². The zero-order valence-corrected chi connectivity index (χ0v) is 11.6. The molecule has 0 amide bonds. The van der Waals surface area contributed by atoms with Crippen molar-refractivity contribution in [3.63, 3.8) is 0 Å². The molecule has 0 radical (unpaired) electrons. The smallest absolute Gasteiger partial charge is 0.140 e. The van der Waals surface area contributed by atoms with Crippen LogP contribution in [0.3, 0.4) is 0 Å². The summed E-state index contributed by atoms with van der Waals surface area (Å²) in [4.78, 5) is 14.7. The maximum atomic E-state index is 10.5. The zero-order valence-electron chi connectivity index (χ0n) is 10.8. The number of ether oxygens (including phenoxy) is 1. The Bertz CT molecular complexity index is 592. The monoisotopic (exact) mass is 276 g/mol. The quantitative estimate of drug-likeness (QED) is 0.832. The minimum absolute atomic E-state index is 0.153. The lowest BCUT2D eigenvalue weighted by molar-refractivity contribution is -0.304. The molecule has 4 nitrogen and oxygen atoms in total. The molecule has 0 aliphatic carbocycles. The average Bonchev–Trinajstić information content (AvgIpc) is 2.78. The number of aliphatic carboxylic acids is 1. The van der Waals surface area contributed by atoms with E-state index in [-0.39, 0.29) is 6.42 Å². The average molecular weight is 276 g/mol. The lowest BCUT2D eigenvalue weighted by Crippen LogP contribution is -2.24. The van der Waals surface area contributed by atoms with Crippen LogP contribution in [-0.2, 0) is 17.8 Å². The van der Waals surface area contributed by atoms with E-state index in [4.69, 9.17) is 4.74 Å². The molecule has 19 heavy (non-hydrogen) atoms. The molecule has 1 aromatic carbocycles. The SMILES string of the molecule is Cc1cccc(OCc2nc(CC(=O)[O-])cs2)c1C. The third-order valence-corrected chi connectivity index (χ3v) is 3.70. The topological polar surface area (TPSA) is 62.2 Å². The van der Waals surface area contributed by atoms with Crippen molar-refractivity contribution in [2.24, 2.45) is 0 Å². The molecule has 0 atom stereocenters. The second-order valence-electron chi connectivity index (χ2n) is 4.27.